The van der Waals surface area contributed by atoms with Gasteiger partial charge < -0.3 is 10.1 Å². The molecule has 19 heavy (non-hydrogen) atoms. The van der Waals surface area contributed by atoms with Crippen LogP contribution in [0.2, 0.25) is 0 Å². The molecule has 0 bridgehead atoms. The first-order chi connectivity index (χ1) is 9.10. The van der Waals surface area contributed by atoms with Crippen LogP contribution in [0.4, 0.5) is 0 Å². The molecule has 0 heterocycles. The first-order valence-electron chi connectivity index (χ1n) is 7.50. The van der Waals surface area contributed by atoms with Gasteiger partial charge in [-0.25, -0.2) is 0 Å². The van der Waals surface area contributed by atoms with Crippen LogP contribution in [-0.2, 0) is 0 Å². The van der Waals surface area contributed by atoms with E-state index in [4.69, 9.17) is 4.74 Å². The summed E-state index contributed by atoms with van der Waals surface area (Å²) in [5.74, 6) is 2.61. The first kappa shape index (κ1) is 14.4. The summed E-state index contributed by atoms with van der Waals surface area (Å²) < 4.78 is 5.30. The lowest BCUT2D eigenvalue weighted by molar-refractivity contribution is 0.216. The van der Waals surface area contributed by atoms with Crippen molar-refractivity contribution in [1.29, 1.82) is 0 Å². The Bertz CT molecular complexity index is 404. The summed E-state index contributed by atoms with van der Waals surface area (Å²) in [4.78, 5) is 0. The molecule has 3 unspecified atom stereocenters. The van der Waals surface area contributed by atoms with Crippen LogP contribution in [0.1, 0.15) is 51.6 Å². The molecular weight excluding hydrogens is 234 g/mol. The summed E-state index contributed by atoms with van der Waals surface area (Å²) in [5, 5.41) is 3.80. The Hall–Kier alpha value is -1.02. The number of methoxy groups -OCH3 is 1. The normalized spacial score (nSPS) is 28.9. The van der Waals surface area contributed by atoms with E-state index in [1.807, 2.05) is 6.07 Å². The molecule has 1 N–H and O–H groups in total. The second-order valence-corrected chi connectivity index (χ2v) is 6.17. The van der Waals surface area contributed by atoms with Crippen molar-refractivity contribution in [2.75, 3.05) is 7.11 Å². The predicted octanol–water partition coefficient (Wildman–Crippen LogP) is 4.17. The van der Waals surface area contributed by atoms with Crippen LogP contribution in [0.15, 0.2) is 24.3 Å². The molecule has 2 heteroatoms. The highest BCUT2D eigenvalue weighted by atomic mass is 16.5. The van der Waals surface area contributed by atoms with Crippen molar-refractivity contribution in [3.05, 3.63) is 29.8 Å². The summed E-state index contributed by atoms with van der Waals surface area (Å²) in [5.41, 5.74) is 1.31. The predicted molar refractivity (Wildman–Crippen MR) is 80.5 cm³/mol. The lowest BCUT2D eigenvalue weighted by Crippen LogP contribution is -2.40. The van der Waals surface area contributed by atoms with Gasteiger partial charge in [-0.2, -0.15) is 0 Å². The van der Waals surface area contributed by atoms with Gasteiger partial charge in [-0.15, -0.1) is 0 Å². The lowest BCUT2D eigenvalue weighted by Gasteiger charge is -2.35. The fourth-order valence-electron chi connectivity index (χ4n) is 3.24. The number of hydrogen-bond donors (Lipinski definition) is 1. The van der Waals surface area contributed by atoms with Crippen LogP contribution in [0, 0.1) is 11.8 Å². The van der Waals surface area contributed by atoms with E-state index in [-0.39, 0.29) is 0 Å². The van der Waals surface area contributed by atoms with E-state index in [0.29, 0.717) is 12.1 Å². The Morgan fingerprint density at radius 1 is 1.26 bits per heavy atom. The SMILES string of the molecule is COc1cccc([C@H](C)NC2CCC(C)CC2C)c1. The highest BCUT2D eigenvalue weighted by Crippen LogP contribution is 2.30. The Balaban J connectivity index is 1.98. The van der Waals surface area contributed by atoms with Crippen LogP contribution in [0.25, 0.3) is 0 Å². The number of benzene rings is 1. The van der Waals surface area contributed by atoms with Gasteiger partial charge in [-0.05, 0) is 55.7 Å². The molecule has 0 saturated heterocycles. The molecule has 4 atom stereocenters. The maximum atomic E-state index is 5.30. The molecule has 1 aliphatic carbocycles. The molecule has 0 aromatic heterocycles. The van der Waals surface area contributed by atoms with E-state index in [2.05, 4.69) is 44.3 Å². The van der Waals surface area contributed by atoms with E-state index in [1.54, 1.807) is 7.11 Å². The third kappa shape index (κ3) is 3.73. The number of nitrogens with one attached hydrogen (secondary N) is 1. The van der Waals surface area contributed by atoms with Crippen molar-refractivity contribution < 1.29 is 4.74 Å². The average Bonchev–Trinajstić information content (AvgIpc) is 2.42. The average molecular weight is 261 g/mol. The Labute approximate surface area is 117 Å². The maximum Gasteiger partial charge on any atom is 0.119 e. The van der Waals surface area contributed by atoms with Crippen molar-refractivity contribution in [1.82, 2.24) is 5.32 Å². The fourth-order valence-corrected chi connectivity index (χ4v) is 3.24. The molecule has 1 aromatic rings. The van der Waals surface area contributed by atoms with E-state index in [9.17, 15) is 0 Å². The van der Waals surface area contributed by atoms with Crippen molar-refractivity contribution >= 4 is 0 Å². The minimum Gasteiger partial charge on any atom is -0.497 e. The zero-order chi connectivity index (χ0) is 13.8. The van der Waals surface area contributed by atoms with E-state index < -0.39 is 0 Å². The maximum absolute atomic E-state index is 5.30. The summed E-state index contributed by atoms with van der Waals surface area (Å²) in [7, 11) is 1.72. The third-order valence-electron chi connectivity index (χ3n) is 4.49. The van der Waals surface area contributed by atoms with E-state index >= 15 is 0 Å². The third-order valence-corrected chi connectivity index (χ3v) is 4.49. The second-order valence-electron chi connectivity index (χ2n) is 6.17. The Morgan fingerprint density at radius 3 is 2.74 bits per heavy atom. The van der Waals surface area contributed by atoms with Gasteiger partial charge in [-0.3, -0.25) is 0 Å². The quantitative estimate of drug-likeness (QED) is 0.878. The van der Waals surface area contributed by atoms with Crippen molar-refractivity contribution in [2.45, 2.75) is 52.1 Å². The standard InChI is InChI=1S/C17H27NO/c1-12-8-9-17(13(2)10-12)18-14(3)15-6-5-7-16(11-15)19-4/h5-7,11-14,17-18H,8-10H2,1-4H3/t12?,13?,14-,17?/m0/s1. The zero-order valence-corrected chi connectivity index (χ0v) is 12.6. The Kier molecular flexibility index (Phi) is 4.87. The molecule has 1 aromatic carbocycles. The van der Waals surface area contributed by atoms with E-state index in [1.165, 1.54) is 24.8 Å². The van der Waals surface area contributed by atoms with Crippen molar-refractivity contribution in [3.8, 4) is 5.75 Å². The monoisotopic (exact) mass is 261 g/mol. The molecule has 1 fully saturated rings. The fraction of sp³-hybridized carbons (Fsp3) is 0.647. The zero-order valence-electron chi connectivity index (χ0n) is 12.6. The van der Waals surface area contributed by atoms with Crippen LogP contribution in [-0.4, -0.2) is 13.2 Å². The highest BCUT2D eigenvalue weighted by molar-refractivity contribution is 5.30. The van der Waals surface area contributed by atoms with Crippen LogP contribution in [0.5, 0.6) is 5.75 Å². The van der Waals surface area contributed by atoms with Crippen LogP contribution < -0.4 is 10.1 Å². The smallest absolute Gasteiger partial charge is 0.119 e. The Morgan fingerprint density at radius 2 is 2.05 bits per heavy atom. The van der Waals surface area contributed by atoms with Gasteiger partial charge in [-0.1, -0.05) is 26.0 Å². The molecule has 2 rings (SSSR count). The topological polar surface area (TPSA) is 21.3 Å². The molecule has 0 radical (unpaired) electrons. The summed E-state index contributed by atoms with van der Waals surface area (Å²) in [6.07, 6.45) is 4.01. The summed E-state index contributed by atoms with van der Waals surface area (Å²) in [6.45, 7) is 7.00. The van der Waals surface area contributed by atoms with E-state index in [0.717, 1.165) is 17.6 Å². The summed E-state index contributed by atoms with van der Waals surface area (Å²) in [6, 6.07) is 9.41. The van der Waals surface area contributed by atoms with Crippen LogP contribution in [0.3, 0.4) is 0 Å². The molecule has 0 spiro atoms. The van der Waals surface area contributed by atoms with Gasteiger partial charge in [0.25, 0.3) is 0 Å². The number of rotatable bonds is 4. The van der Waals surface area contributed by atoms with Gasteiger partial charge in [0, 0.05) is 12.1 Å². The molecule has 1 saturated carbocycles. The van der Waals surface area contributed by atoms with Crippen molar-refractivity contribution in [3.63, 3.8) is 0 Å². The molecule has 0 amide bonds. The second kappa shape index (κ2) is 6.42. The molecule has 2 nitrogen and oxygen atoms in total. The number of ether oxygens (including phenoxy) is 1. The largest absolute Gasteiger partial charge is 0.497 e. The minimum atomic E-state index is 0.385. The van der Waals surface area contributed by atoms with Crippen molar-refractivity contribution in [2.24, 2.45) is 11.8 Å². The molecule has 106 valence electrons. The molecule has 0 aliphatic heterocycles. The lowest BCUT2D eigenvalue weighted by atomic mass is 9.79. The summed E-state index contributed by atoms with van der Waals surface area (Å²) >= 11 is 0. The molecular formula is C17H27NO. The van der Waals surface area contributed by atoms with Gasteiger partial charge >= 0.3 is 0 Å². The van der Waals surface area contributed by atoms with Gasteiger partial charge in [0.1, 0.15) is 5.75 Å². The number of hydrogen-bond acceptors (Lipinski definition) is 2. The highest BCUT2D eigenvalue weighted by Gasteiger charge is 2.26. The molecule has 1 aliphatic rings. The van der Waals surface area contributed by atoms with Gasteiger partial charge in [0.2, 0.25) is 0 Å². The van der Waals surface area contributed by atoms with Crippen LogP contribution >= 0.6 is 0 Å². The minimum absolute atomic E-state index is 0.385. The first-order valence-corrected chi connectivity index (χ1v) is 7.50. The van der Waals surface area contributed by atoms with Gasteiger partial charge in [0.05, 0.1) is 7.11 Å². The van der Waals surface area contributed by atoms with Gasteiger partial charge in [0.15, 0.2) is 0 Å².